The van der Waals surface area contributed by atoms with Crippen LogP contribution in [0.1, 0.15) is 5.56 Å². The van der Waals surface area contributed by atoms with Crippen molar-refractivity contribution in [1.29, 1.82) is 0 Å². The summed E-state index contributed by atoms with van der Waals surface area (Å²) in [5.41, 5.74) is 1.68. The molecule has 3 nitrogen and oxygen atoms in total. The van der Waals surface area contributed by atoms with Crippen molar-refractivity contribution < 1.29 is 4.79 Å². The zero-order valence-electron chi connectivity index (χ0n) is 10.9. The number of nitrogens with zero attached hydrogens (tertiary/aromatic N) is 1. The molecule has 0 unspecified atom stereocenters. The zero-order valence-corrected chi connectivity index (χ0v) is 12.4. The Morgan fingerprint density at radius 2 is 1.80 bits per heavy atom. The van der Waals surface area contributed by atoms with E-state index in [1.54, 1.807) is 42.3 Å². The van der Waals surface area contributed by atoms with E-state index < -0.39 is 0 Å². The van der Waals surface area contributed by atoms with Gasteiger partial charge in [0.15, 0.2) is 0 Å². The minimum atomic E-state index is -0.188. The van der Waals surface area contributed by atoms with E-state index in [1.165, 1.54) is 0 Å². The van der Waals surface area contributed by atoms with Crippen molar-refractivity contribution in [2.24, 2.45) is 0 Å². The third-order valence-electron chi connectivity index (χ3n) is 2.75. The van der Waals surface area contributed by atoms with Crippen molar-refractivity contribution in [2.45, 2.75) is 6.54 Å². The van der Waals surface area contributed by atoms with Crippen LogP contribution in [0.25, 0.3) is 0 Å². The topological polar surface area (TPSA) is 32.3 Å². The molecule has 2 amide bonds. The molecule has 0 spiro atoms. The number of carbonyl (C=O) groups is 1. The summed E-state index contributed by atoms with van der Waals surface area (Å²) in [7, 11) is 1.73. The number of amides is 2. The van der Waals surface area contributed by atoms with Gasteiger partial charge in [0.25, 0.3) is 0 Å². The van der Waals surface area contributed by atoms with Crippen molar-refractivity contribution in [1.82, 2.24) is 4.90 Å². The lowest BCUT2D eigenvalue weighted by Gasteiger charge is -2.18. The van der Waals surface area contributed by atoms with Gasteiger partial charge in [0.05, 0.1) is 0 Å². The van der Waals surface area contributed by atoms with Gasteiger partial charge in [-0.15, -0.1) is 0 Å². The monoisotopic (exact) mass is 308 g/mol. The average molecular weight is 309 g/mol. The van der Waals surface area contributed by atoms with E-state index >= 15 is 0 Å². The van der Waals surface area contributed by atoms with Crippen molar-refractivity contribution in [3.8, 4) is 0 Å². The molecule has 0 aliphatic rings. The second-order valence-corrected chi connectivity index (χ2v) is 5.30. The van der Waals surface area contributed by atoms with E-state index in [0.29, 0.717) is 22.3 Å². The largest absolute Gasteiger partial charge is 0.323 e. The zero-order chi connectivity index (χ0) is 14.5. The summed E-state index contributed by atoms with van der Waals surface area (Å²) in [6.07, 6.45) is 0. The molecule has 0 heterocycles. The molecular formula is C15H14Cl2N2O. The molecular weight excluding hydrogens is 295 g/mol. The van der Waals surface area contributed by atoms with Gasteiger partial charge in [0, 0.05) is 29.3 Å². The van der Waals surface area contributed by atoms with E-state index in [2.05, 4.69) is 5.32 Å². The maximum atomic E-state index is 12.0. The molecule has 0 aromatic heterocycles. The molecule has 0 saturated heterocycles. The molecule has 2 aromatic carbocycles. The van der Waals surface area contributed by atoms with Crippen LogP contribution >= 0.6 is 23.2 Å². The Kier molecular flexibility index (Phi) is 4.88. The summed E-state index contributed by atoms with van der Waals surface area (Å²) in [5.74, 6) is 0. The fourth-order valence-corrected chi connectivity index (χ4v) is 2.07. The lowest BCUT2D eigenvalue weighted by Crippen LogP contribution is -2.30. The van der Waals surface area contributed by atoms with Gasteiger partial charge in [0.2, 0.25) is 0 Å². The van der Waals surface area contributed by atoms with Gasteiger partial charge in [0.1, 0.15) is 0 Å². The molecule has 1 N–H and O–H groups in total. The maximum Gasteiger partial charge on any atom is 0.321 e. The van der Waals surface area contributed by atoms with E-state index in [9.17, 15) is 4.79 Å². The lowest BCUT2D eigenvalue weighted by molar-refractivity contribution is 0.220. The highest BCUT2D eigenvalue weighted by Crippen LogP contribution is 2.15. The predicted octanol–water partition coefficient (Wildman–Crippen LogP) is 4.66. The van der Waals surface area contributed by atoms with Crippen molar-refractivity contribution in [2.75, 3.05) is 12.4 Å². The smallest absolute Gasteiger partial charge is 0.321 e. The molecule has 0 atom stereocenters. The number of benzene rings is 2. The molecule has 2 aromatic rings. The Bertz CT molecular complexity index is 599. The average Bonchev–Trinajstić information content (AvgIpc) is 2.41. The van der Waals surface area contributed by atoms with Crippen LogP contribution in [-0.2, 0) is 6.54 Å². The van der Waals surface area contributed by atoms with Gasteiger partial charge in [-0.25, -0.2) is 4.79 Å². The molecule has 2 rings (SSSR count). The molecule has 5 heteroatoms. The first kappa shape index (κ1) is 14.7. The molecule has 0 fully saturated rings. The first-order valence-electron chi connectivity index (χ1n) is 6.07. The summed E-state index contributed by atoms with van der Waals surface area (Å²) >= 11 is 11.7. The SMILES string of the molecule is CN(Cc1cccc(Cl)c1)C(=O)Nc1ccc(Cl)cc1. The Balaban J connectivity index is 1.96. The minimum absolute atomic E-state index is 0.188. The maximum absolute atomic E-state index is 12.0. The van der Waals surface area contributed by atoms with E-state index in [1.807, 2.05) is 18.2 Å². The van der Waals surface area contributed by atoms with Gasteiger partial charge < -0.3 is 10.2 Å². The molecule has 0 radical (unpaired) electrons. The van der Waals surface area contributed by atoms with Crippen LogP contribution in [-0.4, -0.2) is 18.0 Å². The van der Waals surface area contributed by atoms with Crippen molar-refractivity contribution in [3.05, 3.63) is 64.1 Å². The van der Waals surface area contributed by atoms with Crippen LogP contribution in [0, 0.1) is 0 Å². The highest BCUT2D eigenvalue weighted by molar-refractivity contribution is 6.30. The molecule has 0 saturated carbocycles. The van der Waals surface area contributed by atoms with Gasteiger partial charge in [-0.1, -0.05) is 35.3 Å². The first-order chi connectivity index (χ1) is 9.54. The fraction of sp³-hybridized carbons (Fsp3) is 0.133. The number of hydrogen-bond acceptors (Lipinski definition) is 1. The van der Waals surface area contributed by atoms with Gasteiger partial charge in [-0.3, -0.25) is 0 Å². The van der Waals surface area contributed by atoms with Gasteiger partial charge in [-0.2, -0.15) is 0 Å². The first-order valence-corrected chi connectivity index (χ1v) is 6.82. The third kappa shape index (κ3) is 4.15. The lowest BCUT2D eigenvalue weighted by atomic mass is 10.2. The molecule has 20 heavy (non-hydrogen) atoms. The normalized spacial score (nSPS) is 10.2. The van der Waals surface area contributed by atoms with Crippen LogP contribution < -0.4 is 5.32 Å². The number of urea groups is 1. The Morgan fingerprint density at radius 3 is 2.45 bits per heavy atom. The van der Waals surface area contributed by atoms with Crippen LogP contribution in [0.3, 0.4) is 0 Å². The van der Waals surface area contributed by atoms with E-state index in [-0.39, 0.29) is 6.03 Å². The molecule has 104 valence electrons. The van der Waals surface area contributed by atoms with Crippen LogP contribution in [0.5, 0.6) is 0 Å². The fourth-order valence-electron chi connectivity index (χ4n) is 1.73. The number of anilines is 1. The predicted molar refractivity (Wildman–Crippen MR) is 83.4 cm³/mol. The number of nitrogens with one attached hydrogen (secondary N) is 1. The summed E-state index contributed by atoms with van der Waals surface area (Å²) < 4.78 is 0. The summed E-state index contributed by atoms with van der Waals surface area (Å²) in [4.78, 5) is 13.6. The molecule has 0 aliphatic heterocycles. The highest BCUT2D eigenvalue weighted by Gasteiger charge is 2.09. The van der Waals surface area contributed by atoms with Crippen molar-refractivity contribution >= 4 is 34.9 Å². The van der Waals surface area contributed by atoms with Crippen LogP contribution in [0.4, 0.5) is 10.5 Å². The number of hydrogen-bond donors (Lipinski definition) is 1. The summed E-state index contributed by atoms with van der Waals surface area (Å²) in [5, 5.41) is 4.09. The number of carbonyl (C=O) groups excluding carboxylic acids is 1. The summed E-state index contributed by atoms with van der Waals surface area (Å²) in [6, 6.07) is 14.2. The van der Waals surface area contributed by atoms with Crippen LogP contribution in [0.2, 0.25) is 10.0 Å². The Hall–Kier alpha value is -1.71. The van der Waals surface area contributed by atoms with E-state index in [4.69, 9.17) is 23.2 Å². The van der Waals surface area contributed by atoms with Crippen LogP contribution in [0.15, 0.2) is 48.5 Å². The standard InChI is InChI=1S/C15H14Cl2N2O/c1-19(10-11-3-2-4-13(17)9-11)15(20)18-14-7-5-12(16)6-8-14/h2-9H,10H2,1H3,(H,18,20). The Morgan fingerprint density at radius 1 is 1.10 bits per heavy atom. The van der Waals surface area contributed by atoms with Gasteiger partial charge in [-0.05, 0) is 42.0 Å². The minimum Gasteiger partial charge on any atom is -0.323 e. The quantitative estimate of drug-likeness (QED) is 0.879. The molecule has 0 aliphatic carbocycles. The Labute approximate surface area is 128 Å². The van der Waals surface area contributed by atoms with Crippen molar-refractivity contribution in [3.63, 3.8) is 0 Å². The van der Waals surface area contributed by atoms with E-state index in [0.717, 1.165) is 5.56 Å². The number of rotatable bonds is 3. The summed E-state index contributed by atoms with van der Waals surface area (Å²) in [6.45, 7) is 0.486. The highest BCUT2D eigenvalue weighted by atomic mass is 35.5. The third-order valence-corrected chi connectivity index (χ3v) is 3.24. The second kappa shape index (κ2) is 6.64. The second-order valence-electron chi connectivity index (χ2n) is 4.42. The van der Waals surface area contributed by atoms with Gasteiger partial charge >= 0.3 is 6.03 Å². The molecule has 0 bridgehead atoms. The number of halogens is 2.